The molecule has 0 aromatic heterocycles. The van der Waals surface area contributed by atoms with Crippen LogP contribution in [0.1, 0.15) is 30.0 Å². The van der Waals surface area contributed by atoms with E-state index in [2.05, 4.69) is 12.1 Å². The van der Waals surface area contributed by atoms with Gasteiger partial charge in [0.25, 0.3) is 0 Å². The van der Waals surface area contributed by atoms with Gasteiger partial charge in [-0.15, -0.1) is 0 Å². The minimum Gasteiger partial charge on any atom is -0.332 e. The number of para-hydroxylation sites is 1. The highest BCUT2D eigenvalue weighted by Crippen LogP contribution is 2.34. The monoisotopic (exact) mass is 389 g/mol. The first-order chi connectivity index (χ1) is 14.1. The molecule has 3 aliphatic rings. The largest absolute Gasteiger partial charge is 0.332 e. The quantitative estimate of drug-likeness (QED) is 0.791. The van der Waals surface area contributed by atoms with Crippen LogP contribution in [0.5, 0.6) is 0 Å². The maximum absolute atomic E-state index is 13.4. The topological polar surface area (TPSA) is 60.9 Å². The van der Waals surface area contributed by atoms with Crippen LogP contribution in [0, 0.1) is 0 Å². The van der Waals surface area contributed by atoms with Crippen molar-refractivity contribution in [1.29, 1.82) is 0 Å². The van der Waals surface area contributed by atoms with Crippen molar-refractivity contribution in [3.63, 3.8) is 0 Å². The zero-order chi connectivity index (χ0) is 20.0. The molecule has 0 N–H and O–H groups in total. The van der Waals surface area contributed by atoms with E-state index >= 15 is 0 Å². The molecule has 3 aliphatic heterocycles. The first-order valence-electron chi connectivity index (χ1n) is 10.2. The van der Waals surface area contributed by atoms with E-state index in [-0.39, 0.29) is 30.3 Å². The van der Waals surface area contributed by atoms with Crippen LogP contribution in [0.15, 0.2) is 54.6 Å². The van der Waals surface area contributed by atoms with E-state index in [4.69, 9.17) is 0 Å². The second-order valence-corrected chi connectivity index (χ2v) is 7.92. The summed E-state index contributed by atoms with van der Waals surface area (Å²) < 4.78 is 0. The number of carbonyl (C=O) groups is 3. The summed E-state index contributed by atoms with van der Waals surface area (Å²) in [5.41, 5.74) is 3.12. The van der Waals surface area contributed by atoms with Gasteiger partial charge in [-0.05, 0) is 36.1 Å². The number of amides is 3. The van der Waals surface area contributed by atoms with E-state index in [9.17, 15) is 14.4 Å². The third-order valence-corrected chi connectivity index (χ3v) is 6.30. The lowest BCUT2D eigenvalue weighted by Crippen LogP contribution is -2.58. The van der Waals surface area contributed by atoms with Gasteiger partial charge in [0.1, 0.15) is 6.04 Å². The van der Waals surface area contributed by atoms with Gasteiger partial charge in [-0.2, -0.15) is 0 Å². The van der Waals surface area contributed by atoms with E-state index in [1.54, 1.807) is 9.80 Å². The van der Waals surface area contributed by atoms with Crippen LogP contribution >= 0.6 is 0 Å². The molecule has 29 heavy (non-hydrogen) atoms. The molecular formula is C23H23N3O3. The van der Waals surface area contributed by atoms with Crippen LogP contribution < -0.4 is 4.90 Å². The van der Waals surface area contributed by atoms with Crippen LogP contribution in [-0.2, 0) is 20.8 Å². The zero-order valence-electron chi connectivity index (χ0n) is 16.2. The summed E-state index contributed by atoms with van der Waals surface area (Å²) in [6.07, 6.45) is 1.69. The van der Waals surface area contributed by atoms with E-state index in [1.807, 2.05) is 47.4 Å². The highest BCUT2D eigenvalue weighted by molar-refractivity contribution is 6.04. The van der Waals surface area contributed by atoms with Crippen LogP contribution in [0.25, 0.3) is 0 Å². The summed E-state index contributed by atoms with van der Waals surface area (Å²) in [5, 5.41) is 0. The van der Waals surface area contributed by atoms with E-state index in [0.717, 1.165) is 17.7 Å². The Morgan fingerprint density at radius 2 is 1.66 bits per heavy atom. The Hall–Kier alpha value is -3.15. The fraction of sp³-hybridized carbons (Fsp3) is 0.348. The van der Waals surface area contributed by atoms with Gasteiger partial charge in [0.05, 0.1) is 12.6 Å². The molecule has 3 amide bonds. The first kappa shape index (κ1) is 17.9. The zero-order valence-corrected chi connectivity index (χ0v) is 16.2. The van der Waals surface area contributed by atoms with Crippen LogP contribution in [0.3, 0.4) is 0 Å². The SMILES string of the molecule is O=C(C1CCC(=O)N1c1ccccc1)N1CC(=O)N2CCc3ccccc3C2C1. The summed E-state index contributed by atoms with van der Waals surface area (Å²) in [4.78, 5) is 43.9. The third-order valence-electron chi connectivity index (χ3n) is 6.30. The molecule has 2 unspecified atom stereocenters. The molecule has 148 valence electrons. The molecule has 0 radical (unpaired) electrons. The molecule has 2 aromatic rings. The van der Waals surface area contributed by atoms with Gasteiger partial charge in [-0.25, -0.2) is 0 Å². The van der Waals surface area contributed by atoms with E-state index < -0.39 is 6.04 Å². The van der Waals surface area contributed by atoms with Gasteiger partial charge < -0.3 is 9.80 Å². The average molecular weight is 389 g/mol. The maximum atomic E-state index is 13.4. The molecule has 2 aromatic carbocycles. The van der Waals surface area contributed by atoms with Gasteiger partial charge in [0.15, 0.2) is 0 Å². The normalized spacial score (nSPS) is 23.8. The second kappa shape index (κ2) is 7.03. The molecule has 6 nitrogen and oxygen atoms in total. The third kappa shape index (κ3) is 2.99. The number of piperazine rings is 1. The molecular weight excluding hydrogens is 366 g/mol. The van der Waals surface area contributed by atoms with Crippen molar-refractivity contribution >= 4 is 23.4 Å². The number of rotatable bonds is 2. The van der Waals surface area contributed by atoms with Crippen molar-refractivity contribution in [2.75, 3.05) is 24.5 Å². The fourth-order valence-electron chi connectivity index (χ4n) is 4.88. The minimum atomic E-state index is -0.539. The van der Waals surface area contributed by atoms with Gasteiger partial charge in [-0.3, -0.25) is 19.3 Å². The molecule has 2 atom stereocenters. The van der Waals surface area contributed by atoms with Gasteiger partial charge >= 0.3 is 0 Å². The van der Waals surface area contributed by atoms with Crippen molar-refractivity contribution in [2.24, 2.45) is 0 Å². The molecule has 2 saturated heterocycles. The summed E-state index contributed by atoms with van der Waals surface area (Å²) in [6.45, 7) is 1.26. The minimum absolute atomic E-state index is 0.0142. The molecule has 3 heterocycles. The van der Waals surface area contributed by atoms with Crippen LogP contribution in [-0.4, -0.2) is 53.2 Å². The Kier molecular flexibility index (Phi) is 4.34. The summed E-state index contributed by atoms with van der Waals surface area (Å²) in [5.74, 6) is -0.182. The van der Waals surface area contributed by atoms with Crippen molar-refractivity contribution in [1.82, 2.24) is 9.80 Å². The smallest absolute Gasteiger partial charge is 0.246 e. The highest BCUT2D eigenvalue weighted by Gasteiger charge is 2.44. The Morgan fingerprint density at radius 3 is 2.48 bits per heavy atom. The number of anilines is 1. The first-order valence-corrected chi connectivity index (χ1v) is 10.2. The van der Waals surface area contributed by atoms with E-state index in [0.29, 0.717) is 25.9 Å². The lowest BCUT2D eigenvalue weighted by Gasteiger charge is -2.45. The highest BCUT2D eigenvalue weighted by atomic mass is 16.2. The lowest BCUT2D eigenvalue weighted by atomic mass is 9.90. The molecule has 0 bridgehead atoms. The van der Waals surface area contributed by atoms with Crippen molar-refractivity contribution in [2.45, 2.75) is 31.3 Å². The number of carbonyl (C=O) groups excluding carboxylic acids is 3. The average Bonchev–Trinajstić information content (AvgIpc) is 3.15. The molecule has 5 rings (SSSR count). The predicted octanol–water partition coefficient (Wildman–Crippen LogP) is 2.15. The molecule has 0 saturated carbocycles. The Bertz CT molecular complexity index is 974. The second-order valence-electron chi connectivity index (χ2n) is 7.92. The Morgan fingerprint density at radius 1 is 0.897 bits per heavy atom. The number of nitrogens with zero attached hydrogens (tertiary/aromatic N) is 3. The molecule has 6 heteroatoms. The number of fused-ring (bicyclic) bond motifs is 3. The number of hydrogen-bond donors (Lipinski definition) is 0. The van der Waals surface area contributed by atoms with Crippen LogP contribution in [0.4, 0.5) is 5.69 Å². The Balaban J connectivity index is 1.42. The predicted molar refractivity (Wildman–Crippen MR) is 108 cm³/mol. The van der Waals surface area contributed by atoms with Gasteiger partial charge in [0, 0.05) is 25.2 Å². The molecule has 0 spiro atoms. The fourth-order valence-corrected chi connectivity index (χ4v) is 4.88. The summed E-state index contributed by atoms with van der Waals surface area (Å²) in [7, 11) is 0. The van der Waals surface area contributed by atoms with Gasteiger partial charge in [-0.1, -0.05) is 42.5 Å². The van der Waals surface area contributed by atoms with Crippen molar-refractivity contribution < 1.29 is 14.4 Å². The summed E-state index contributed by atoms with van der Waals surface area (Å²) >= 11 is 0. The summed E-state index contributed by atoms with van der Waals surface area (Å²) in [6, 6.07) is 16.8. The molecule has 2 fully saturated rings. The Labute approximate surface area is 169 Å². The van der Waals surface area contributed by atoms with Crippen molar-refractivity contribution in [3.8, 4) is 0 Å². The van der Waals surface area contributed by atoms with E-state index in [1.165, 1.54) is 5.56 Å². The van der Waals surface area contributed by atoms with Gasteiger partial charge in [0.2, 0.25) is 17.7 Å². The maximum Gasteiger partial charge on any atom is 0.246 e. The van der Waals surface area contributed by atoms with Crippen LogP contribution in [0.2, 0.25) is 0 Å². The standard InChI is InChI=1S/C23H23N3O3/c27-21-11-10-19(26(21)17-7-2-1-3-8-17)23(29)24-14-20-18-9-5-4-6-16(18)12-13-25(20)22(28)15-24/h1-9,19-20H,10-15H2. The number of hydrogen-bond acceptors (Lipinski definition) is 3. The van der Waals surface area contributed by atoms with Crippen molar-refractivity contribution in [3.05, 3.63) is 65.7 Å². The number of benzene rings is 2. The molecule has 0 aliphatic carbocycles. The lowest BCUT2D eigenvalue weighted by molar-refractivity contribution is -0.150.